The molecule has 1 saturated heterocycles. The minimum atomic E-state index is -0.730. The van der Waals surface area contributed by atoms with E-state index in [1.165, 1.54) is 0 Å². The first-order valence-electron chi connectivity index (χ1n) is 6.83. The molecule has 0 aromatic carbocycles. The molecule has 2 aliphatic rings. The fourth-order valence-corrected chi connectivity index (χ4v) is 3.06. The Bertz CT molecular complexity index is 318. The van der Waals surface area contributed by atoms with E-state index < -0.39 is 6.29 Å². The molecule has 2 rings (SSSR count). The van der Waals surface area contributed by atoms with Crippen LogP contribution in [0.15, 0.2) is 12.7 Å². The minimum Gasteiger partial charge on any atom is -0.368 e. The molecule has 1 aliphatic heterocycles. The fraction of sp³-hybridized carbons (Fsp3) is 0.786. The monoisotopic (exact) mass is 253 g/mol. The van der Waals surface area contributed by atoms with Gasteiger partial charge in [-0.05, 0) is 32.1 Å². The molecule has 0 radical (unpaired) electrons. The van der Waals surface area contributed by atoms with Gasteiger partial charge in [0.1, 0.15) is 0 Å². The van der Waals surface area contributed by atoms with Crippen LogP contribution < -0.4 is 0 Å². The second-order valence-electron chi connectivity index (χ2n) is 5.43. The van der Waals surface area contributed by atoms with Crippen molar-refractivity contribution in [3.05, 3.63) is 12.7 Å². The molecule has 4 heteroatoms. The standard InChI is InChI=1S/C14H23NO3/c1-3-4-5-6-7-15(2)13(16)11-8-10-9-12(11)14(17)18-10/h3,10-12,14,17H,1,4-9H2,2H3/t10?,11?,12-,14?/m0/s1. The molecular weight excluding hydrogens is 230 g/mol. The summed E-state index contributed by atoms with van der Waals surface area (Å²) in [6, 6.07) is 0. The Morgan fingerprint density at radius 3 is 2.89 bits per heavy atom. The van der Waals surface area contributed by atoms with E-state index in [0.29, 0.717) is 0 Å². The number of aliphatic hydroxyl groups is 1. The summed E-state index contributed by atoms with van der Waals surface area (Å²) in [6.45, 7) is 4.48. The van der Waals surface area contributed by atoms with Crippen LogP contribution in [0.1, 0.15) is 32.1 Å². The molecule has 2 fully saturated rings. The van der Waals surface area contributed by atoms with E-state index in [1.807, 2.05) is 13.1 Å². The number of carbonyl (C=O) groups is 1. The van der Waals surface area contributed by atoms with Crippen molar-refractivity contribution in [1.29, 1.82) is 0 Å². The smallest absolute Gasteiger partial charge is 0.225 e. The van der Waals surface area contributed by atoms with Crippen molar-refractivity contribution in [1.82, 2.24) is 4.90 Å². The highest BCUT2D eigenvalue weighted by molar-refractivity contribution is 5.79. The molecular formula is C14H23NO3. The summed E-state index contributed by atoms with van der Waals surface area (Å²) in [5, 5.41) is 9.66. The molecule has 1 saturated carbocycles. The number of ether oxygens (including phenoxy) is 1. The van der Waals surface area contributed by atoms with Crippen molar-refractivity contribution in [3.8, 4) is 0 Å². The molecule has 0 aromatic heterocycles. The van der Waals surface area contributed by atoms with Crippen LogP contribution in [-0.2, 0) is 9.53 Å². The summed E-state index contributed by atoms with van der Waals surface area (Å²) < 4.78 is 5.31. The zero-order valence-electron chi connectivity index (χ0n) is 11.0. The van der Waals surface area contributed by atoms with E-state index in [9.17, 15) is 9.90 Å². The van der Waals surface area contributed by atoms with Crippen LogP contribution in [0.2, 0.25) is 0 Å². The largest absolute Gasteiger partial charge is 0.368 e. The molecule has 4 nitrogen and oxygen atoms in total. The van der Waals surface area contributed by atoms with Gasteiger partial charge < -0.3 is 14.7 Å². The third-order valence-corrected chi connectivity index (χ3v) is 4.11. The van der Waals surface area contributed by atoms with Crippen molar-refractivity contribution in [2.75, 3.05) is 13.6 Å². The average molecular weight is 253 g/mol. The van der Waals surface area contributed by atoms with Gasteiger partial charge in [-0.1, -0.05) is 6.08 Å². The van der Waals surface area contributed by atoms with Gasteiger partial charge in [-0.25, -0.2) is 0 Å². The van der Waals surface area contributed by atoms with E-state index in [-0.39, 0.29) is 23.8 Å². The maximum absolute atomic E-state index is 12.3. The highest BCUT2D eigenvalue weighted by Crippen LogP contribution is 2.44. The number of unbranched alkanes of at least 4 members (excludes halogenated alkanes) is 2. The molecule has 1 heterocycles. The first-order chi connectivity index (χ1) is 8.63. The summed E-state index contributed by atoms with van der Waals surface area (Å²) in [4.78, 5) is 14.1. The number of aliphatic hydroxyl groups excluding tert-OH is 1. The van der Waals surface area contributed by atoms with Crippen molar-refractivity contribution >= 4 is 5.91 Å². The summed E-state index contributed by atoms with van der Waals surface area (Å²) in [6.07, 6.45) is 5.96. The van der Waals surface area contributed by atoms with Crippen LogP contribution >= 0.6 is 0 Å². The van der Waals surface area contributed by atoms with Crippen LogP contribution in [0.25, 0.3) is 0 Å². The van der Waals surface area contributed by atoms with Crippen molar-refractivity contribution in [3.63, 3.8) is 0 Å². The Hall–Kier alpha value is -0.870. The number of nitrogens with zero attached hydrogens (tertiary/aromatic N) is 1. The van der Waals surface area contributed by atoms with Gasteiger partial charge in [-0.15, -0.1) is 6.58 Å². The lowest BCUT2D eigenvalue weighted by Gasteiger charge is -2.29. The molecule has 1 N–H and O–H groups in total. The third-order valence-electron chi connectivity index (χ3n) is 4.11. The van der Waals surface area contributed by atoms with E-state index in [1.54, 1.807) is 4.90 Å². The molecule has 18 heavy (non-hydrogen) atoms. The van der Waals surface area contributed by atoms with E-state index in [0.717, 1.165) is 38.6 Å². The van der Waals surface area contributed by atoms with Crippen LogP contribution in [0.4, 0.5) is 0 Å². The molecule has 4 atom stereocenters. The maximum atomic E-state index is 12.3. The molecule has 0 spiro atoms. The second kappa shape index (κ2) is 5.85. The normalized spacial score (nSPS) is 33.7. The van der Waals surface area contributed by atoms with Gasteiger partial charge in [0.15, 0.2) is 6.29 Å². The number of rotatable bonds is 6. The zero-order chi connectivity index (χ0) is 13.1. The highest BCUT2D eigenvalue weighted by Gasteiger charge is 2.50. The Morgan fingerprint density at radius 1 is 1.50 bits per heavy atom. The Kier molecular flexibility index (Phi) is 4.40. The number of amides is 1. The van der Waals surface area contributed by atoms with E-state index in [4.69, 9.17) is 4.74 Å². The van der Waals surface area contributed by atoms with Gasteiger partial charge in [0.25, 0.3) is 0 Å². The third kappa shape index (κ3) is 2.75. The molecule has 102 valence electrons. The maximum Gasteiger partial charge on any atom is 0.225 e. The van der Waals surface area contributed by atoms with Gasteiger partial charge >= 0.3 is 0 Å². The predicted octanol–water partition coefficient (Wildman–Crippen LogP) is 1.54. The summed E-state index contributed by atoms with van der Waals surface area (Å²) in [7, 11) is 1.86. The topological polar surface area (TPSA) is 49.8 Å². The lowest BCUT2D eigenvalue weighted by molar-refractivity contribution is -0.162. The fourth-order valence-electron chi connectivity index (χ4n) is 3.06. The van der Waals surface area contributed by atoms with Gasteiger partial charge in [0.2, 0.25) is 5.91 Å². The van der Waals surface area contributed by atoms with Crippen molar-refractivity contribution in [2.45, 2.75) is 44.5 Å². The van der Waals surface area contributed by atoms with Crippen molar-refractivity contribution < 1.29 is 14.6 Å². The lowest BCUT2D eigenvalue weighted by Crippen LogP contribution is -2.40. The molecule has 1 aliphatic carbocycles. The van der Waals surface area contributed by atoms with Crippen LogP contribution in [0, 0.1) is 11.8 Å². The van der Waals surface area contributed by atoms with Crippen molar-refractivity contribution in [2.24, 2.45) is 11.8 Å². The SMILES string of the molecule is C=CCCCCN(C)C(=O)C1CC2C[C@@H]1C(O)O2. The van der Waals surface area contributed by atoms with E-state index in [2.05, 4.69) is 6.58 Å². The number of fused-ring (bicyclic) bond motifs is 2. The first-order valence-corrected chi connectivity index (χ1v) is 6.83. The summed E-state index contributed by atoms with van der Waals surface area (Å²) in [5.74, 6) is 0.143. The van der Waals surface area contributed by atoms with Gasteiger partial charge in [-0.3, -0.25) is 4.79 Å². The van der Waals surface area contributed by atoms with Gasteiger partial charge in [-0.2, -0.15) is 0 Å². The predicted molar refractivity (Wildman–Crippen MR) is 68.8 cm³/mol. The van der Waals surface area contributed by atoms with Crippen LogP contribution in [-0.4, -0.2) is 41.9 Å². The average Bonchev–Trinajstić information content (AvgIpc) is 2.92. The van der Waals surface area contributed by atoms with E-state index >= 15 is 0 Å². The van der Waals surface area contributed by atoms with Gasteiger partial charge in [0, 0.05) is 25.4 Å². The number of allylic oxidation sites excluding steroid dienone is 1. The second-order valence-corrected chi connectivity index (χ2v) is 5.43. The minimum absolute atomic E-state index is 0.0122. The van der Waals surface area contributed by atoms with Crippen LogP contribution in [0.3, 0.4) is 0 Å². The Labute approximate surface area is 109 Å². The van der Waals surface area contributed by atoms with Gasteiger partial charge in [0.05, 0.1) is 6.10 Å². The molecule has 3 unspecified atom stereocenters. The zero-order valence-corrected chi connectivity index (χ0v) is 11.0. The quantitative estimate of drug-likeness (QED) is 0.577. The number of hydrogen-bond acceptors (Lipinski definition) is 3. The number of hydrogen-bond donors (Lipinski definition) is 1. The summed E-state index contributed by atoms with van der Waals surface area (Å²) >= 11 is 0. The Balaban J connectivity index is 1.78. The highest BCUT2D eigenvalue weighted by atomic mass is 16.6. The number of carbonyl (C=O) groups excluding carboxylic acids is 1. The first kappa shape index (κ1) is 13.6. The summed E-state index contributed by atoms with van der Waals surface area (Å²) in [5.41, 5.74) is 0. The molecule has 0 aromatic rings. The molecule has 2 bridgehead atoms. The Morgan fingerprint density at radius 2 is 2.28 bits per heavy atom. The lowest BCUT2D eigenvalue weighted by atomic mass is 9.93. The van der Waals surface area contributed by atoms with Crippen LogP contribution in [0.5, 0.6) is 0 Å². The molecule has 1 amide bonds.